The van der Waals surface area contributed by atoms with E-state index in [1.54, 1.807) is 13.8 Å². The Kier molecular flexibility index (Phi) is 4.88. The zero-order valence-electron chi connectivity index (χ0n) is 11.5. The molecule has 1 aromatic carbocycles. The quantitative estimate of drug-likeness (QED) is 0.842. The van der Waals surface area contributed by atoms with E-state index in [-0.39, 0.29) is 16.4 Å². The number of amides is 1. The molecule has 110 valence electrons. The van der Waals surface area contributed by atoms with Crippen molar-refractivity contribution in [2.45, 2.75) is 24.8 Å². The molecule has 20 heavy (non-hydrogen) atoms. The Morgan fingerprint density at radius 3 is 2.30 bits per heavy atom. The number of rotatable bonds is 5. The smallest absolute Gasteiger partial charge is 0.326 e. The molecule has 0 spiro atoms. The second kappa shape index (κ2) is 6.04. The fourth-order valence-electron chi connectivity index (χ4n) is 1.61. The highest BCUT2D eigenvalue weighted by Gasteiger charge is 2.24. The Balaban J connectivity index is 3.01. The zero-order valence-corrected chi connectivity index (χ0v) is 12.3. The maximum atomic E-state index is 12.0. The molecule has 0 fully saturated rings. The normalized spacial score (nSPS) is 13.0. The molecule has 6 nitrogen and oxygen atoms in total. The van der Waals surface area contributed by atoms with Gasteiger partial charge in [-0.15, -0.1) is 0 Å². The van der Waals surface area contributed by atoms with Gasteiger partial charge in [-0.2, -0.15) is 0 Å². The second-order valence-corrected chi connectivity index (χ2v) is 6.85. The first-order valence-corrected chi connectivity index (χ1v) is 7.86. The summed E-state index contributed by atoms with van der Waals surface area (Å²) in [5.74, 6) is -2.03. The first-order chi connectivity index (χ1) is 9.12. The first-order valence-electron chi connectivity index (χ1n) is 5.96. The highest BCUT2D eigenvalue weighted by atomic mass is 32.2. The largest absolute Gasteiger partial charge is 0.480 e. The average Bonchev–Trinajstić information content (AvgIpc) is 2.34. The first kappa shape index (κ1) is 16.2. The molecule has 1 amide bonds. The predicted molar refractivity (Wildman–Crippen MR) is 73.3 cm³/mol. The minimum absolute atomic E-state index is 0.0153. The van der Waals surface area contributed by atoms with E-state index in [1.165, 1.54) is 24.3 Å². The highest BCUT2D eigenvalue weighted by Crippen LogP contribution is 2.12. The number of carbonyl (C=O) groups is 2. The maximum Gasteiger partial charge on any atom is 0.326 e. The van der Waals surface area contributed by atoms with Crippen molar-refractivity contribution in [2.24, 2.45) is 5.92 Å². The Morgan fingerprint density at radius 2 is 1.85 bits per heavy atom. The number of hydrogen-bond donors (Lipinski definition) is 2. The van der Waals surface area contributed by atoms with Crippen molar-refractivity contribution in [3.05, 3.63) is 29.8 Å². The van der Waals surface area contributed by atoms with E-state index in [0.29, 0.717) is 0 Å². The standard InChI is InChI=1S/C13H17NO5S/c1-8(2)11(13(16)17)14-12(15)9-5-4-6-10(7-9)20(3,18)19/h4-8,11H,1-3H3,(H,14,15)(H,16,17). The average molecular weight is 299 g/mol. The van der Waals surface area contributed by atoms with Crippen molar-refractivity contribution in [3.8, 4) is 0 Å². The van der Waals surface area contributed by atoms with Gasteiger partial charge >= 0.3 is 5.97 Å². The summed E-state index contributed by atoms with van der Waals surface area (Å²) in [7, 11) is -3.42. The summed E-state index contributed by atoms with van der Waals surface area (Å²) < 4.78 is 22.8. The number of benzene rings is 1. The molecule has 0 heterocycles. The van der Waals surface area contributed by atoms with Crippen molar-refractivity contribution >= 4 is 21.7 Å². The lowest BCUT2D eigenvalue weighted by Gasteiger charge is -2.18. The van der Waals surface area contributed by atoms with E-state index in [2.05, 4.69) is 5.32 Å². The molecule has 0 aromatic heterocycles. The topological polar surface area (TPSA) is 101 Å². The molecule has 1 unspecified atom stereocenters. The lowest BCUT2D eigenvalue weighted by molar-refractivity contribution is -0.140. The lowest BCUT2D eigenvalue weighted by Crippen LogP contribution is -2.44. The molecule has 0 saturated carbocycles. The molecule has 0 bridgehead atoms. The SMILES string of the molecule is CC(C)C(NC(=O)c1cccc(S(C)(=O)=O)c1)C(=O)O. The lowest BCUT2D eigenvalue weighted by atomic mass is 10.0. The molecule has 0 aliphatic rings. The minimum atomic E-state index is -3.42. The molecule has 0 saturated heterocycles. The number of nitrogens with one attached hydrogen (secondary N) is 1. The molecule has 1 atom stereocenters. The Bertz CT molecular complexity index is 621. The fraction of sp³-hybridized carbons (Fsp3) is 0.385. The summed E-state index contributed by atoms with van der Waals surface area (Å²) in [5, 5.41) is 11.4. The van der Waals surface area contributed by atoms with E-state index in [9.17, 15) is 18.0 Å². The van der Waals surface area contributed by atoms with Gasteiger partial charge in [-0.3, -0.25) is 4.79 Å². The van der Waals surface area contributed by atoms with Gasteiger partial charge in [0.1, 0.15) is 6.04 Å². The summed E-state index contributed by atoms with van der Waals surface area (Å²) in [6, 6.07) is 4.46. The van der Waals surface area contributed by atoms with Crippen LogP contribution in [0.25, 0.3) is 0 Å². The van der Waals surface area contributed by atoms with Crippen molar-refractivity contribution in [3.63, 3.8) is 0 Å². The number of sulfone groups is 1. The van der Waals surface area contributed by atoms with Crippen LogP contribution in [0.5, 0.6) is 0 Å². The molecule has 1 rings (SSSR count). The van der Waals surface area contributed by atoms with Crippen LogP contribution < -0.4 is 5.32 Å². The van der Waals surface area contributed by atoms with Crippen LogP contribution in [-0.4, -0.2) is 37.7 Å². The summed E-state index contributed by atoms with van der Waals surface area (Å²) >= 11 is 0. The summed E-state index contributed by atoms with van der Waals surface area (Å²) in [4.78, 5) is 23.0. The van der Waals surface area contributed by atoms with Gasteiger partial charge in [0, 0.05) is 11.8 Å². The molecular weight excluding hydrogens is 282 g/mol. The molecule has 0 aliphatic carbocycles. The summed E-state index contributed by atoms with van der Waals surface area (Å²) in [6.45, 7) is 3.35. The minimum Gasteiger partial charge on any atom is -0.480 e. The van der Waals surface area contributed by atoms with Crippen LogP contribution in [0.4, 0.5) is 0 Å². The van der Waals surface area contributed by atoms with Gasteiger partial charge in [0.2, 0.25) is 0 Å². The number of hydrogen-bond acceptors (Lipinski definition) is 4. The molecule has 7 heteroatoms. The number of aliphatic carboxylic acids is 1. The van der Waals surface area contributed by atoms with E-state index < -0.39 is 27.8 Å². The van der Waals surface area contributed by atoms with Gasteiger partial charge in [0.25, 0.3) is 5.91 Å². The van der Waals surface area contributed by atoms with Crippen LogP contribution in [0.2, 0.25) is 0 Å². The van der Waals surface area contributed by atoms with Gasteiger partial charge < -0.3 is 10.4 Å². The van der Waals surface area contributed by atoms with Gasteiger partial charge in [-0.1, -0.05) is 19.9 Å². The molecular formula is C13H17NO5S. The van der Waals surface area contributed by atoms with Gasteiger partial charge in [0.15, 0.2) is 9.84 Å². The van der Waals surface area contributed by atoms with Gasteiger partial charge in [-0.05, 0) is 24.1 Å². The third kappa shape index (κ3) is 4.06. The van der Waals surface area contributed by atoms with E-state index in [0.717, 1.165) is 6.26 Å². The number of carbonyl (C=O) groups excluding carboxylic acids is 1. The fourth-order valence-corrected chi connectivity index (χ4v) is 2.27. The molecule has 1 aromatic rings. The van der Waals surface area contributed by atoms with Crippen LogP contribution in [0.15, 0.2) is 29.2 Å². The third-order valence-electron chi connectivity index (χ3n) is 2.74. The van der Waals surface area contributed by atoms with Crippen LogP contribution in [0, 0.1) is 5.92 Å². The van der Waals surface area contributed by atoms with Crippen molar-refractivity contribution < 1.29 is 23.1 Å². The zero-order chi connectivity index (χ0) is 15.5. The predicted octanol–water partition coefficient (Wildman–Crippen LogP) is 0.929. The van der Waals surface area contributed by atoms with E-state index in [4.69, 9.17) is 5.11 Å². The number of carboxylic acid groups (broad SMARTS) is 1. The molecule has 2 N–H and O–H groups in total. The van der Waals surface area contributed by atoms with Gasteiger partial charge in [-0.25, -0.2) is 13.2 Å². The maximum absolute atomic E-state index is 12.0. The highest BCUT2D eigenvalue weighted by molar-refractivity contribution is 7.90. The molecule has 0 aliphatic heterocycles. The van der Waals surface area contributed by atoms with Crippen molar-refractivity contribution in [2.75, 3.05) is 6.26 Å². The summed E-state index contributed by atoms with van der Waals surface area (Å²) in [5.41, 5.74) is 0.111. The Hall–Kier alpha value is -1.89. The Morgan fingerprint density at radius 1 is 1.25 bits per heavy atom. The molecule has 0 radical (unpaired) electrons. The summed E-state index contributed by atoms with van der Waals surface area (Å²) in [6.07, 6.45) is 1.04. The number of carboxylic acids is 1. The van der Waals surface area contributed by atoms with Crippen LogP contribution in [0.3, 0.4) is 0 Å². The Labute approximate surface area is 117 Å². The van der Waals surface area contributed by atoms with Crippen molar-refractivity contribution in [1.82, 2.24) is 5.32 Å². The van der Waals surface area contributed by atoms with Crippen LogP contribution in [-0.2, 0) is 14.6 Å². The van der Waals surface area contributed by atoms with Crippen molar-refractivity contribution in [1.29, 1.82) is 0 Å². The monoisotopic (exact) mass is 299 g/mol. The van der Waals surface area contributed by atoms with Crippen LogP contribution in [0.1, 0.15) is 24.2 Å². The van der Waals surface area contributed by atoms with Gasteiger partial charge in [0.05, 0.1) is 4.90 Å². The second-order valence-electron chi connectivity index (χ2n) is 4.83. The third-order valence-corrected chi connectivity index (χ3v) is 3.85. The van der Waals surface area contributed by atoms with Crippen LogP contribution >= 0.6 is 0 Å². The van der Waals surface area contributed by atoms with E-state index >= 15 is 0 Å². The van der Waals surface area contributed by atoms with E-state index in [1.807, 2.05) is 0 Å².